The molecule has 4 rings (SSSR count). The summed E-state index contributed by atoms with van der Waals surface area (Å²) >= 11 is 0. The van der Waals surface area contributed by atoms with Crippen molar-refractivity contribution in [1.29, 1.82) is 0 Å². The Labute approximate surface area is 195 Å². The van der Waals surface area contributed by atoms with Crippen LogP contribution in [0.5, 0.6) is 0 Å². The van der Waals surface area contributed by atoms with Gasteiger partial charge in [0.15, 0.2) is 0 Å². The molecule has 1 atom stereocenters. The predicted molar refractivity (Wildman–Crippen MR) is 121 cm³/mol. The Morgan fingerprint density at radius 3 is 2.35 bits per heavy atom. The van der Waals surface area contributed by atoms with E-state index in [9.17, 15) is 23.9 Å². The first kappa shape index (κ1) is 22.8. The van der Waals surface area contributed by atoms with Gasteiger partial charge in [0.1, 0.15) is 11.6 Å². The van der Waals surface area contributed by atoms with Crippen LogP contribution in [-0.4, -0.2) is 39.3 Å². The van der Waals surface area contributed by atoms with E-state index in [4.69, 9.17) is 4.74 Å². The van der Waals surface area contributed by atoms with E-state index < -0.39 is 35.3 Å². The second-order valence-electron chi connectivity index (χ2n) is 7.64. The van der Waals surface area contributed by atoms with E-state index in [0.717, 1.165) is 12.1 Å². The van der Waals surface area contributed by atoms with Crippen molar-refractivity contribution < 1.29 is 28.6 Å². The molecule has 1 amide bonds. The van der Waals surface area contributed by atoms with Crippen LogP contribution in [0.2, 0.25) is 0 Å². The largest absolute Gasteiger partial charge is 0.507 e. The number of aliphatic hydroxyl groups excluding tert-OH is 1. The third-order valence-electron chi connectivity index (χ3n) is 5.48. The fraction of sp³-hybridized carbons (Fsp3) is 0.154. The normalized spacial score (nSPS) is 17.1. The van der Waals surface area contributed by atoms with E-state index in [1.807, 2.05) is 0 Å². The van der Waals surface area contributed by atoms with Crippen molar-refractivity contribution in [3.63, 3.8) is 0 Å². The SMILES string of the molecule is CCOC(=O)c1ccc(CN2C(=O)C(=O)/C(=C(/O)c3ccc(F)cc3)C2c2cccnc2)cc1. The number of carbonyl (C=O) groups excluding carboxylic acids is 3. The van der Waals surface area contributed by atoms with Gasteiger partial charge in [0.05, 0.1) is 23.8 Å². The maximum atomic E-state index is 13.4. The summed E-state index contributed by atoms with van der Waals surface area (Å²) < 4.78 is 18.4. The lowest BCUT2D eigenvalue weighted by molar-refractivity contribution is -0.140. The van der Waals surface area contributed by atoms with Crippen LogP contribution in [0.4, 0.5) is 4.39 Å². The van der Waals surface area contributed by atoms with Crippen molar-refractivity contribution in [3.05, 3.63) is 107 Å². The topological polar surface area (TPSA) is 96.8 Å². The second-order valence-corrected chi connectivity index (χ2v) is 7.64. The number of nitrogens with zero attached hydrogens (tertiary/aromatic N) is 2. The molecule has 1 aliphatic heterocycles. The molecule has 3 aromatic rings. The van der Waals surface area contributed by atoms with Crippen molar-refractivity contribution in [2.24, 2.45) is 0 Å². The van der Waals surface area contributed by atoms with Gasteiger partial charge in [-0.3, -0.25) is 14.6 Å². The number of aliphatic hydroxyl groups is 1. The van der Waals surface area contributed by atoms with Crippen molar-refractivity contribution in [1.82, 2.24) is 9.88 Å². The number of esters is 1. The molecule has 1 fully saturated rings. The number of amides is 1. The number of rotatable bonds is 6. The maximum absolute atomic E-state index is 13.4. The molecule has 172 valence electrons. The minimum absolute atomic E-state index is 0.0490. The standard InChI is InChI=1S/C26H21FN2O5/c1-2-34-26(33)18-7-5-16(6-8-18)15-29-22(19-4-3-13-28-14-19)21(24(31)25(29)32)23(30)17-9-11-20(27)12-10-17/h3-14,22,30H,2,15H2,1H3/b23-21+. The Balaban J connectivity index is 1.74. The summed E-state index contributed by atoms with van der Waals surface area (Å²) in [5.74, 6) is -2.98. The number of hydrogen-bond donors (Lipinski definition) is 1. The lowest BCUT2D eigenvalue weighted by atomic mass is 9.96. The third-order valence-corrected chi connectivity index (χ3v) is 5.48. The zero-order chi connectivity index (χ0) is 24.2. The summed E-state index contributed by atoms with van der Waals surface area (Å²) in [4.78, 5) is 43.4. The Bertz CT molecular complexity index is 1250. The molecule has 0 bridgehead atoms. The van der Waals surface area contributed by atoms with Gasteiger partial charge in [-0.05, 0) is 60.5 Å². The quantitative estimate of drug-likeness (QED) is 0.258. The lowest BCUT2D eigenvalue weighted by Crippen LogP contribution is -2.29. The number of aromatic nitrogens is 1. The van der Waals surface area contributed by atoms with Gasteiger partial charge in [-0.15, -0.1) is 0 Å². The number of ketones is 1. The zero-order valence-electron chi connectivity index (χ0n) is 18.3. The van der Waals surface area contributed by atoms with E-state index in [-0.39, 0.29) is 24.3 Å². The minimum Gasteiger partial charge on any atom is -0.507 e. The van der Waals surface area contributed by atoms with Crippen molar-refractivity contribution >= 4 is 23.4 Å². The summed E-state index contributed by atoms with van der Waals surface area (Å²) in [5.41, 5.74) is 1.69. The number of benzene rings is 2. The van der Waals surface area contributed by atoms with Gasteiger partial charge in [-0.25, -0.2) is 9.18 Å². The summed E-state index contributed by atoms with van der Waals surface area (Å²) in [5, 5.41) is 10.9. The molecule has 2 heterocycles. The molecule has 0 spiro atoms. The average Bonchev–Trinajstić information content (AvgIpc) is 3.10. The van der Waals surface area contributed by atoms with Gasteiger partial charge in [-0.2, -0.15) is 0 Å². The van der Waals surface area contributed by atoms with Crippen molar-refractivity contribution in [2.45, 2.75) is 19.5 Å². The smallest absolute Gasteiger partial charge is 0.338 e. The highest BCUT2D eigenvalue weighted by atomic mass is 19.1. The highest BCUT2D eigenvalue weighted by Gasteiger charge is 2.46. The van der Waals surface area contributed by atoms with Crippen LogP contribution in [-0.2, 0) is 20.9 Å². The third kappa shape index (κ3) is 4.43. The Kier molecular flexibility index (Phi) is 6.49. The van der Waals surface area contributed by atoms with Crippen LogP contribution in [0.1, 0.15) is 40.0 Å². The zero-order valence-corrected chi connectivity index (χ0v) is 18.3. The van der Waals surface area contributed by atoms with Gasteiger partial charge in [0, 0.05) is 24.5 Å². The minimum atomic E-state index is -0.900. The maximum Gasteiger partial charge on any atom is 0.338 e. The van der Waals surface area contributed by atoms with Gasteiger partial charge in [0.25, 0.3) is 11.7 Å². The number of Topliss-reactive ketones (excluding diaryl/α,β-unsaturated/α-hetero) is 1. The number of halogens is 1. The summed E-state index contributed by atoms with van der Waals surface area (Å²) in [6, 6.07) is 14.0. The molecular weight excluding hydrogens is 439 g/mol. The molecule has 34 heavy (non-hydrogen) atoms. The van der Waals surface area contributed by atoms with Gasteiger partial charge >= 0.3 is 5.97 Å². The molecule has 0 saturated carbocycles. The first-order chi connectivity index (χ1) is 16.4. The van der Waals surface area contributed by atoms with Crippen LogP contribution in [0.3, 0.4) is 0 Å². The predicted octanol–water partition coefficient (Wildman–Crippen LogP) is 4.02. The highest BCUT2D eigenvalue weighted by Crippen LogP contribution is 2.40. The number of likely N-dealkylation sites (tertiary alicyclic amines) is 1. The van der Waals surface area contributed by atoms with Gasteiger partial charge in [-0.1, -0.05) is 18.2 Å². The summed E-state index contributed by atoms with van der Waals surface area (Å²) in [6.45, 7) is 2.02. The van der Waals surface area contributed by atoms with Crippen LogP contribution < -0.4 is 0 Å². The molecule has 0 aliphatic carbocycles. The monoisotopic (exact) mass is 460 g/mol. The number of pyridine rings is 1. The van der Waals surface area contributed by atoms with E-state index in [0.29, 0.717) is 16.7 Å². The molecule has 1 aliphatic rings. The Hall–Kier alpha value is -4.33. The molecule has 0 radical (unpaired) electrons. The molecule has 7 nitrogen and oxygen atoms in total. The Morgan fingerprint density at radius 2 is 1.74 bits per heavy atom. The van der Waals surface area contributed by atoms with Crippen LogP contribution >= 0.6 is 0 Å². The van der Waals surface area contributed by atoms with Gasteiger partial charge in [0.2, 0.25) is 0 Å². The number of hydrogen-bond acceptors (Lipinski definition) is 6. The second kappa shape index (κ2) is 9.66. The van der Waals surface area contributed by atoms with Crippen molar-refractivity contribution in [3.8, 4) is 0 Å². The van der Waals surface area contributed by atoms with Gasteiger partial charge < -0.3 is 14.7 Å². The fourth-order valence-corrected chi connectivity index (χ4v) is 3.85. The summed E-state index contributed by atoms with van der Waals surface area (Å²) in [7, 11) is 0. The molecule has 1 N–H and O–H groups in total. The molecular formula is C26H21FN2O5. The molecule has 1 unspecified atom stereocenters. The number of carbonyl (C=O) groups is 3. The molecule has 1 aromatic heterocycles. The Morgan fingerprint density at radius 1 is 1.06 bits per heavy atom. The lowest BCUT2D eigenvalue weighted by Gasteiger charge is -2.25. The van der Waals surface area contributed by atoms with Crippen LogP contribution in [0.15, 0.2) is 78.6 Å². The fourth-order valence-electron chi connectivity index (χ4n) is 3.85. The molecule has 1 saturated heterocycles. The van der Waals surface area contributed by atoms with E-state index in [2.05, 4.69) is 4.98 Å². The molecule has 8 heteroatoms. The van der Waals surface area contributed by atoms with Crippen LogP contribution in [0.25, 0.3) is 5.76 Å². The van der Waals surface area contributed by atoms with E-state index in [1.54, 1.807) is 49.5 Å². The van der Waals surface area contributed by atoms with E-state index >= 15 is 0 Å². The van der Waals surface area contributed by atoms with Crippen molar-refractivity contribution in [2.75, 3.05) is 6.61 Å². The summed E-state index contributed by atoms with van der Waals surface area (Å²) in [6.07, 6.45) is 3.08. The highest BCUT2D eigenvalue weighted by molar-refractivity contribution is 6.46. The average molecular weight is 460 g/mol. The molecule has 2 aromatic carbocycles. The van der Waals surface area contributed by atoms with Crippen LogP contribution in [0, 0.1) is 5.82 Å². The first-order valence-corrected chi connectivity index (χ1v) is 10.6. The first-order valence-electron chi connectivity index (χ1n) is 10.6. The van der Waals surface area contributed by atoms with E-state index in [1.165, 1.54) is 23.2 Å². The number of ether oxygens (including phenoxy) is 1.